The Balaban J connectivity index is 1.64. The third-order valence-corrected chi connectivity index (χ3v) is 6.47. The van der Waals surface area contributed by atoms with E-state index in [-0.39, 0.29) is 10.5 Å². The SMILES string of the molecule is O=C(O)c1cccc(CN2CCN(S(=O)(=O)c3cccc(Cl)c3)CC2)c1. The Bertz CT molecular complexity index is 909. The van der Waals surface area contributed by atoms with Crippen molar-refractivity contribution in [3.63, 3.8) is 0 Å². The summed E-state index contributed by atoms with van der Waals surface area (Å²) in [6.45, 7) is 2.52. The number of carbonyl (C=O) groups is 1. The smallest absolute Gasteiger partial charge is 0.335 e. The van der Waals surface area contributed by atoms with Gasteiger partial charge in [-0.2, -0.15) is 4.31 Å². The summed E-state index contributed by atoms with van der Waals surface area (Å²) in [5.41, 5.74) is 1.15. The summed E-state index contributed by atoms with van der Waals surface area (Å²) in [5, 5.41) is 9.46. The van der Waals surface area contributed by atoms with Crippen LogP contribution in [0.2, 0.25) is 5.02 Å². The van der Waals surface area contributed by atoms with E-state index in [9.17, 15) is 13.2 Å². The predicted molar refractivity (Wildman–Crippen MR) is 98.9 cm³/mol. The lowest BCUT2D eigenvalue weighted by atomic mass is 10.1. The fraction of sp³-hybridized carbons (Fsp3) is 0.278. The molecule has 0 atom stereocenters. The number of rotatable bonds is 5. The van der Waals surface area contributed by atoms with Crippen LogP contribution in [0, 0.1) is 0 Å². The first-order valence-electron chi connectivity index (χ1n) is 8.16. The highest BCUT2D eigenvalue weighted by Crippen LogP contribution is 2.21. The van der Waals surface area contributed by atoms with Crippen LogP contribution in [0.4, 0.5) is 0 Å². The Morgan fingerprint density at radius 2 is 1.73 bits per heavy atom. The van der Waals surface area contributed by atoms with Crippen LogP contribution < -0.4 is 0 Å². The Kier molecular flexibility index (Phi) is 5.62. The maximum Gasteiger partial charge on any atom is 0.335 e. The Labute approximate surface area is 157 Å². The predicted octanol–water partition coefficient (Wildman–Crippen LogP) is 2.54. The molecule has 3 rings (SSSR count). The van der Waals surface area contributed by atoms with Gasteiger partial charge < -0.3 is 5.11 Å². The quantitative estimate of drug-likeness (QED) is 0.843. The Morgan fingerprint density at radius 3 is 2.38 bits per heavy atom. The normalized spacial score (nSPS) is 16.5. The highest BCUT2D eigenvalue weighted by molar-refractivity contribution is 7.89. The van der Waals surface area contributed by atoms with Gasteiger partial charge in [-0.1, -0.05) is 29.8 Å². The first-order chi connectivity index (χ1) is 12.4. The van der Waals surface area contributed by atoms with Gasteiger partial charge in [-0.15, -0.1) is 0 Å². The van der Waals surface area contributed by atoms with Crippen LogP contribution in [0.25, 0.3) is 0 Å². The largest absolute Gasteiger partial charge is 0.478 e. The van der Waals surface area contributed by atoms with Gasteiger partial charge in [-0.25, -0.2) is 13.2 Å². The third-order valence-electron chi connectivity index (χ3n) is 4.35. The average Bonchev–Trinajstić information content (AvgIpc) is 2.62. The summed E-state index contributed by atoms with van der Waals surface area (Å²) in [6.07, 6.45) is 0. The van der Waals surface area contributed by atoms with E-state index >= 15 is 0 Å². The highest BCUT2D eigenvalue weighted by atomic mass is 35.5. The van der Waals surface area contributed by atoms with Gasteiger partial charge in [0.1, 0.15) is 0 Å². The summed E-state index contributed by atoms with van der Waals surface area (Å²) < 4.78 is 26.9. The molecule has 0 saturated carbocycles. The van der Waals surface area contributed by atoms with Crippen LogP contribution in [0.5, 0.6) is 0 Å². The van der Waals surface area contributed by atoms with E-state index in [2.05, 4.69) is 4.90 Å². The molecule has 2 aromatic rings. The molecule has 2 aromatic carbocycles. The number of aromatic carboxylic acids is 1. The molecule has 0 aliphatic carbocycles. The molecular formula is C18H19ClN2O4S. The van der Waals surface area contributed by atoms with E-state index in [0.29, 0.717) is 37.7 Å². The molecule has 1 saturated heterocycles. The van der Waals surface area contributed by atoms with E-state index in [1.54, 1.807) is 36.4 Å². The van der Waals surface area contributed by atoms with Gasteiger partial charge in [-0.3, -0.25) is 4.90 Å². The van der Waals surface area contributed by atoms with Crippen molar-refractivity contribution in [2.75, 3.05) is 26.2 Å². The van der Waals surface area contributed by atoms with Crippen LogP contribution in [-0.4, -0.2) is 54.9 Å². The Hall–Kier alpha value is -1.93. The van der Waals surface area contributed by atoms with Crippen molar-refractivity contribution in [3.8, 4) is 0 Å². The van der Waals surface area contributed by atoms with Gasteiger partial charge in [0, 0.05) is 37.7 Å². The minimum atomic E-state index is -3.55. The molecular weight excluding hydrogens is 376 g/mol. The van der Waals surface area contributed by atoms with Crippen molar-refractivity contribution in [1.29, 1.82) is 0 Å². The van der Waals surface area contributed by atoms with E-state index in [1.165, 1.54) is 10.4 Å². The maximum atomic E-state index is 12.7. The first kappa shape index (κ1) is 18.8. The van der Waals surface area contributed by atoms with Gasteiger partial charge in [0.05, 0.1) is 10.5 Å². The van der Waals surface area contributed by atoms with Crippen molar-refractivity contribution in [2.45, 2.75) is 11.4 Å². The number of hydrogen-bond donors (Lipinski definition) is 1. The lowest BCUT2D eigenvalue weighted by molar-refractivity contribution is 0.0696. The molecule has 1 N–H and O–H groups in total. The molecule has 1 aliphatic heterocycles. The summed E-state index contributed by atoms with van der Waals surface area (Å²) in [6, 6.07) is 13.1. The molecule has 6 nitrogen and oxygen atoms in total. The van der Waals surface area contributed by atoms with Crippen molar-refractivity contribution < 1.29 is 18.3 Å². The summed E-state index contributed by atoms with van der Waals surface area (Å²) in [7, 11) is -3.55. The molecule has 0 bridgehead atoms. The average molecular weight is 395 g/mol. The number of carboxylic acid groups (broad SMARTS) is 1. The van der Waals surface area contributed by atoms with Crippen LogP contribution in [0.3, 0.4) is 0 Å². The number of benzene rings is 2. The summed E-state index contributed by atoms with van der Waals surface area (Å²) >= 11 is 5.91. The molecule has 0 unspecified atom stereocenters. The number of carboxylic acids is 1. The number of piperazine rings is 1. The molecule has 26 heavy (non-hydrogen) atoms. The van der Waals surface area contributed by atoms with Crippen LogP contribution >= 0.6 is 11.6 Å². The second-order valence-electron chi connectivity index (χ2n) is 6.14. The lowest BCUT2D eigenvalue weighted by Gasteiger charge is -2.34. The zero-order valence-corrected chi connectivity index (χ0v) is 15.6. The second-order valence-corrected chi connectivity index (χ2v) is 8.52. The van der Waals surface area contributed by atoms with Gasteiger partial charge in [0.15, 0.2) is 0 Å². The summed E-state index contributed by atoms with van der Waals surface area (Å²) in [5.74, 6) is -0.954. The zero-order chi connectivity index (χ0) is 18.7. The number of nitrogens with zero attached hydrogens (tertiary/aromatic N) is 2. The van der Waals surface area contributed by atoms with Crippen LogP contribution in [0.1, 0.15) is 15.9 Å². The molecule has 0 spiro atoms. The molecule has 1 heterocycles. The topological polar surface area (TPSA) is 77.9 Å². The van der Waals surface area contributed by atoms with E-state index in [4.69, 9.17) is 16.7 Å². The molecule has 0 radical (unpaired) electrons. The number of hydrogen-bond acceptors (Lipinski definition) is 4. The summed E-state index contributed by atoms with van der Waals surface area (Å²) in [4.78, 5) is 13.4. The van der Waals surface area contributed by atoms with E-state index in [1.807, 2.05) is 6.07 Å². The first-order valence-corrected chi connectivity index (χ1v) is 9.98. The van der Waals surface area contributed by atoms with E-state index < -0.39 is 16.0 Å². The fourth-order valence-electron chi connectivity index (χ4n) is 2.97. The van der Waals surface area contributed by atoms with Gasteiger partial charge in [-0.05, 0) is 35.9 Å². The molecule has 0 amide bonds. The third kappa shape index (κ3) is 4.24. The highest BCUT2D eigenvalue weighted by Gasteiger charge is 2.28. The number of halogens is 1. The molecule has 1 aliphatic rings. The lowest BCUT2D eigenvalue weighted by Crippen LogP contribution is -2.48. The van der Waals surface area contributed by atoms with Crippen molar-refractivity contribution in [3.05, 3.63) is 64.7 Å². The van der Waals surface area contributed by atoms with Crippen molar-refractivity contribution in [1.82, 2.24) is 9.21 Å². The van der Waals surface area contributed by atoms with Gasteiger partial charge in [0.25, 0.3) is 0 Å². The van der Waals surface area contributed by atoms with Crippen LogP contribution in [0.15, 0.2) is 53.4 Å². The van der Waals surface area contributed by atoms with E-state index in [0.717, 1.165) is 5.56 Å². The minimum Gasteiger partial charge on any atom is -0.478 e. The van der Waals surface area contributed by atoms with Crippen molar-refractivity contribution >= 4 is 27.6 Å². The monoisotopic (exact) mass is 394 g/mol. The molecule has 0 aromatic heterocycles. The second kappa shape index (κ2) is 7.75. The zero-order valence-electron chi connectivity index (χ0n) is 14.0. The standard InChI is InChI=1S/C18H19ClN2O4S/c19-16-5-2-6-17(12-16)26(24,25)21-9-7-20(8-10-21)13-14-3-1-4-15(11-14)18(22)23/h1-6,11-12H,7-10,13H2,(H,22,23). The van der Waals surface area contributed by atoms with Gasteiger partial charge >= 0.3 is 5.97 Å². The molecule has 8 heteroatoms. The van der Waals surface area contributed by atoms with Crippen LogP contribution in [-0.2, 0) is 16.6 Å². The molecule has 138 valence electrons. The molecule has 1 fully saturated rings. The Morgan fingerprint density at radius 1 is 1.04 bits per heavy atom. The number of sulfonamides is 1. The van der Waals surface area contributed by atoms with Crippen molar-refractivity contribution in [2.24, 2.45) is 0 Å². The minimum absolute atomic E-state index is 0.201. The maximum absolute atomic E-state index is 12.7. The fourth-order valence-corrected chi connectivity index (χ4v) is 4.69. The van der Waals surface area contributed by atoms with Gasteiger partial charge in [0.2, 0.25) is 10.0 Å².